The molecule has 136 valence electrons. The second kappa shape index (κ2) is 8.95. The Kier molecular flexibility index (Phi) is 6.67. The molecule has 0 spiro atoms. The van der Waals surface area contributed by atoms with Gasteiger partial charge in [-0.05, 0) is 44.2 Å². The molecule has 0 bridgehead atoms. The number of primary amides is 1. The Labute approximate surface area is 154 Å². The van der Waals surface area contributed by atoms with Crippen LogP contribution in [0.2, 0.25) is 0 Å². The summed E-state index contributed by atoms with van der Waals surface area (Å²) in [6.07, 6.45) is 0. The lowest BCUT2D eigenvalue weighted by Crippen LogP contribution is -2.21. The Bertz CT molecular complexity index is 804. The largest absolute Gasteiger partial charge is 0.455 e. The number of carbonyl (C=O) groups excluding carboxylic acids is 3. The van der Waals surface area contributed by atoms with E-state index in [0.29, 0.717) is 16.4 Å². The number of nitrogens with two attached hydrogens (primary N) is 1. The van der Waals surface area contributed by atoms with E-state index in [1.165, 1.54) is 24.3 Å². The highest BCUT2D eigenvalue weighted by Crippen LogP contribution is 2.14. The summed E-state index contributed by atoms with van der Waals surface area (Å²) >= 11 is 1.14. The van der Waals surface area contributed by atoms with Gasteiger partial charge in [0, 0.05) is 22.6 Å². The third-order valence-electron chi connectivity index (χ3n) is 3.10. The molecule has 0 atom stereocenters. The molecule has 1 aromatic heterocycles. The Morgan fingerprint density at radius 1 is 1.12 bits per heavy atom. The van der Waals surface area contributed by atoms with E-state index in [0.717, 1.165) is 23.1 Å². The van der Waals surface area contributed by atoms with Gasteiger partial charge >= 0.3 is 5.97 Å². The number of hydrogen-bond donors (Lipinski definition) is 2. The van der Waals surface area contributed by atoms with Crippen molar-refractivity contribution in [2.45, 2.75) is 19.0 Å². The number of ether oxygens (including phenoxy) is 1. The Hall–Kier alpha value is -2.94. The first kappa shape index (κ1) is 19.4. The number of aryl methyl sites for hydroxylation is 2. The molecule has 0 aliphatic rings. The van der Waals surface area contributed by atoms with Crippen LogP contribution in [-0.4, -0.2) is 40.1 Å². The maximum absolute atomic E-state index is 11.8. The van der Waals surface area contributed by atoms with Crippen LogP contribution in [0.1, 0.15) is 21.7 Å². The van der Waals surface area contributed by atoms with Gasteiger partial charge in [0.2, 0.25) is 5.91 Å². The predicted octanol–water partition coefficient (Wildman–Crippen LogP) is 1.47. The van der Waals surface area contributed by atoms with Gasteiger partial charge in [0.15, 0.2) is 11.8 Å². The number of aromatic nitrogens is 2. The number of rotatable bonds is 7. The van der Waals surface area contributed by atoms with Gasteiger partial charge in [-0.2, -0.15) is 0 Å². The third kappa shape index (κ3) is 6.17. The van der Waals surface area contributed by atoms with E-state index < -0.39 is 24.4 Å². The molecule has 2 rings (SSSR count). The van der Waals surface area contributed by atoms with Crippen molar-refractivity contribution in [1.82, 2.24) is 9.97 Å². The Morgan fingerprint density at radius 3 is 2.31 bits per heavy atom. The van der Waals surface area contributed by atoms with E-state index in [-0.39, 0.29) is 5.75 Å². The molecule has 0 aliphatic heterocycles. The monoisotopic (exact) mass is 374 g/mol. The van der Waals surface area contributed by atoms with Crippen LogP contribution in [0.5, 0.6) is 0 Å². The van der Waals surface area contributed by atoms with Crippen LogP contribution >= 0.6 is 11.8 Å². The highest BCUT2D eigenvalue weighted by Gasteiger charge is 2.10. The standard InChI is InChI=1S/C17H18N4O4S/c1-10-7-11(2)20-17(19-10)26-9-15(23)25-8-14(22)21-13-5-3-12(4-6-13)16(18)24/h3-7H,8-9H2,1-2H3,(H2,18,24)(H,21,22). The van der Waals surface area contributed by atoms with Crippen molar-refractivity contribution >= 4 is 35.2 Å². The quantitative estimate of drug-likeness (QED) is 0.427. The fraction of sp³-hybridized carbons (Fsp3) is 0.235. The van der Waals surface area contributed by atoms with Crippen molar-refractivity contribution in [2.24, 2.45) is 5.73 Å². The molecule has 2 amide bonds. The van der Waals surface area contributed by atoms with Crippen LogP contribution in [0.25, 0.3) is 0 Å². The van der Waals surface area contributed by atoms with Crippen molar-refractivity contribution in [2.75, 3.05) is 17.7 Å². The van der Waals surface area contributed by atoms with E-state index in [1.807, 2.05) is 19.9 Å². The Balaban J connectivity index is 1.75. The summed E-state index contributed by atoms with van der Waals surface area (Å²) in [5.74, 6) is -1.58. The minimum absolute atomic E-state index is 0.00345. The first-order valence-corrected chi connectivity index (χ1v) is 8.62. The van der Waals surface area contributed by atoms with Crippen LogP contribution in [0.3, 0.4) is 0 Å². The van der Waals surface area contributed by atoms with E-state index in [2.05, 4.69) is 15.3 Å². The van der Waals surface area contributed by atoms with Crippen molar-refractivity contribution in [3.63, 3.8) is 0 Å². The second-order valence-corrected chi connectivity index (χ2v) is 6.31. The third-order valence-corrected chi connectivity index (χ3v) is 3.92. The van der Waals surface area contributed by atoms with Crippen LogP contribution < -0.4 is 11.1 Å². The SMILES string of the molecule is Cc1cc(C)nc(SCC(=O)OCC(=O)Nc2ccc(C(N)=O)cc2)n1. The highest BCUT2D eigenvalue weighted by atomic mass is 32.2. The molecular weight excluding hydrogens is 356 g/mol. The summed E-state index contributed by atoms with van der Waals surface area (Å²) in [7, 11) is 0. The number of amides is 2. The molecule has 9 heteroatoms. The summed E-state index contributed by atoms with van der Waals surface area (Å²) in [5.41, 5.74) is 7.57. The van der Waals surface area contributed by atoms with Crippen LogP contribution in [0.4, 0.5) is 5.69 Å². The molecule has 8 nitrogen and oxygen atoms in total. The molecule has 1 aromatic carbocycles. The number of carbonyl (C=O) groups is 3. The molecule has 0 fully saturated rings. The fourth-order valence-corrected chi connectivity index (χ4v) is 2.73. The lowest BCUT2D eigenvalue weighted by Gasteiger charge is -2.07. The fourth-order valence-electron chi connectivity index (χ4n) is 1.98. The topological polar surface area (TPSA) is 124 Å². The highest BCUT2D eigenvalue weighted by molar-refractivity contribution is 7.99. The van der Waals surface area contributed by atoms with Crippen LogP contribution in [-0.2, 0) is 14.3 Å². The van der Waals surface area contributed by atoms with E-state index in [4.69, 9.17) is 10.5 Å². The first-order chi connectivity index (χ1) is 12.3. The number of esters is 1. The minimum atomic E-state index is -0.554. The summed E-state index contributed by atoms with van der Waals surface area (Å²) in [6.45, 7) is 3.28. The van der Waals surface area contributed by atoms with Gasteiger partial charge in [0.1, 0.15) is 0 Å². The molecular formula is C17H18N4O4S. The average molecular weight is 374 g/mol. The molecule has 0 saturated heterocycles. The summed E-state index contributed by atoms with van der Waals surface area (Å²) in [6, 6.07) is 7.89. The molecule has 1 heterocycles. The first-order valence-electron chi connectivity index (χ1n) is 7.64. The van der Waals surface area contributed by atoms with E-state index >= 15 is 0 Å². The second-order valence-electron chi connectivity index (χ2n) is 5.37. The number of thioether (sulfide) groups is 1. The summed E-state index contributed by atoms with van der Waals surface area (Å²) in [5, 5.41) is 3.04. The lowest BCUT2D eigenvalue weighted by molar-refractivity contribution is -0.144. The van der Waals surface area contributed by atoms with Crippen molar-refractivity contribution in [3.05, 3.63) is 47.3 Å². The zero-order chi connectivity index (χ0) is 19.1. The van der Waals surface area contributed by atoms with Gasteiger partial charge < -0.3 is 15.8 Å². The summed E-state index contributed by atoms with van der Waals surface area (Å²) < 4.78 is 4.92. The lowest BCUT2D eigenvalue weighted by atomic mass is 10.2. The molecule has 0 saturated carbocycles. The number of benzene rings is 1. The van der Waals surface area contributed by atoms with E-state index in [9.17, 15) is 14.4 Å². The molecule has 0 unspecified atom stereocenters. The van der Waals surface area contributed by atoms with Crippen molar-refractivity contribution in [3.8, 4) is 0 Å². The Morgan fingerprint density at radius 2 is 1.73 bits per heavy atom. The molecule has 0 radical (unpaired) electrons. The normalized spacial score (nSPS) is 10.2. The van der Waals surface area contributed by atoms with Gasteiger partial charge in [-0.1, -0.05) is 11.8 Å². The molecule has 0 aliphatic carbocycles. The van der Waals surface area contributed by atoms with Crippen molar-refractivity contribution in [1.29, 1.82) is 0 Å². The predicted molar refractivity (Wildman–Crippen MR) is 96.8 cm³/mol. The molecule has 26 heavy (non-hydrogen) atoms. The van der Waals surface area contributed by atoms with E-state index in [1.54, 1.807) is 0 Å². The van der Waals surface area contributed by atoms with Gasteiger partial charge in [0.05, 0.1) is 5.75 Å². The number of nitrogens with one attached hydrogen (secondary N) is 1. The zero-order valence-corrected chi connectivity index (χ0v) is 15.1. The molecule has 2 aromatic rings. The smallest absolute Gasteiger partial charge is 0.316 e. The average Bonchev–Trinajstić information content (AvgIpc) is 2.58. The summed E-state index contributed by atoms with van der Waals surface area (Å²) in [4.78, 5) is 42.9. The maximum Gasteiger partial charge on any atom is 0.316 e. The van der Waals surface area contributed by atoms with Gasteiger partial charge in [-0.25, -0.2) is 9.97 Å². The minimum Gasteiger partial charge on any atom is -0.455 e. The zero-order valence-electron chi connectivity index (χ0n) is 14.3. The molecule has 3 N–H and O–H groups in total. The number of anilines is 1. The van der Waals surface area contributed by atoms with Crippen LogP contribution in [0, 0.1) is 13.8 Å². The van der Waals surface area contributed by atoms with Gasteiger partial charge in [-0.3, -0.25) is 14.4 Å². The van der Waals surface area contributed by atoms with Crippen LogP contribution in [0.15, 0.2) is 35.5 Å². The maximum atomic E-state index is 11.8. The number of nitrogens with zero attached hydrogens (tertiary/aromatic N) is 2. The van der Waals surface area contributed by atoms with Crippen molar-refractivity contribution < 1.29 is 19.1 Å². The van der Waals surface area contributed by atoms with Gasteiger partial charge in [-0.15, -0.1) is 0 Å². The van der Waals surface area contributed by atoms with Gasteiger partial charge in [0.25, 0.3) is 5.91 Å². The number of hydrogen-bond acceptors (Lipinski definition) is 7.